The Morgan fingerprint density at radius 3 is 2.69 bits per heavy atom. The largest absolute Gasteiger partial charge is 0.497 e. The first-order chi connectivity index (χ1) is 15.3. The summed E-state index contributed by atoms with van der Waals surface area (Å²) in [5.74, 6) is -1.48. The van der Waals surface area contributed by atoms with Gasteiger partial charge in [-0.25, -0.2) is 4.39 Å². The highest BCUT2D eigenvalue weighted by Gasteiger charge is 2.40. The zero-order chi connectivity index (χ0) is 23.3. The number of ether oxygens (including phenoxy) is 2. The number of hydrogen-bond donors (Lipinski definition) is 2. The summed E-state index contributed by atoms with van der Waals surface area (Å²) in [5, 5.41) is 5.59. The number of benzene rings is 1. The molecule has 0 aromatic heterocycles. The van der Waals surface area contributed by atoms with E-state index in [9.17, 15) is 23.6 Å². The van der Waals surface area contributed by atoms with Crippen molar-refractivity contribution in [2.24, 2.45) is 0 Å². The number of amides is 3. The maximum Gasteiger partial charge on any atom is 0.308 e. The lowest BCUT2D eigenvalue weighted by Crippen LogP contribution is -2.58. The lowest BCUT2D eigenvalue weighted by Gasteiger charge is -2.36. The molecule has 0 aliphatic carbocycles. The van der Waals surface area contributed by atoms with E-state index in [2.05, 4.69) is 15.4 Å². The average molecular weight is 449 g/mol. The van der Waals surface area contributed by atoms with Crippen LogP contribution in [0.1, 0.15) is 37.7 Å². The van der Waals surface area contributed by atoms with Crippen molar-refractivity contribution in [2.45, 2.75) is 50.1 Å². The number of nitrogens with zero attached hydrogens (tertiary/aromatic N) is 1. The third-order valence-electron chi connectivity index (χ3n) is 6.08. The fourth-order valence-electron chi connectivity index (χ4n) is 4.29. The highest BCUT2D eigenvalue weighted by Crippen LogP contribution is 2.32. The Bertz CT molecular complexity index is 908. The maximum atomic E-state index is 14.5. The minimum atomic E-state index is -0.933. The number of halogens is 1. The summed E-state index contributed by atoms with van der Waals surface area (Å²) in [6, 6.07) is 3.62. The molecule has 2 fully saturated rings. The summed E-state index contributed by atoms with van der Waals surface area (Å²) in [6.45, 7) is 0.569. The molecule has 2 aliphatic rings. The van der Waals surface area contributed by atoms with E-state index in [1.165, 1.54) is 25.2 Å². The molecular formula is C22H28FN3O6. The van der Waals surface area contributed by atoms with Crippen molar-refractivity contribution in [3.8, 4) is 5.75 Å². The first-order valence-corrected chi connectivity index (χ1v) is 10.5. The van der Waals surface area contributed by atoms with Gasteiger partial charge in [-0.15, -0.1) is 0 Å². The number of piperazine rings is 1. The summed E-state index contributed by atoms with van der Waals surface area (Å²) in [4.78, 5) is 50.3. The molecule has 1 aromatic rings. The second kappa shape index (κ2) is 9.97. The van der Waals surface area contributed by atoms with E-state index >= 15 is 0 Å². The van der Waals surface area contributed by atoms with Crippen LogP contribution in [0.15, 0.2) is 18.2 Å². The minimum absolute atomic E-state index is 0.0446. The van der Waals surface area contributed by atoms with Gasteiger partial charge >= 0.3 is 5.97 Å². The molecule has 2 atom stereocenters. The monoisotopic (exact) mass is 449 g/mol. The lowest BCUT2D eigenvalue weighted by atomic mass is 9.84. The summed E-state index contributed by atoms with van der Waals surface area (Å²) in [7, 11) is 2.67. The number of esters is 1. The molecule has 10 heteroatoms. The molecule has 0 unspecified atom stereocenters. The fourth-order valence-corrected chi connectivity index (χ4v) is 4.29. The molecule has 2 N–H and O–H groups in total. The van der Waals surface area contributed by atoms with Crippen LogP contribution in [-0.2, 0) is 30.3 Å². The lowest BCUT2D eigenvalue weighted by molar-refractivity contribution is -0.150. The van der Waals surface area contributed by atoms with Crippen LogP contribution in [0, 0.1) is 5.82 Å². The van der Waals surface area contributed by atoms with E-state index in [0.717, 1.165) is 0 Å². The van der Waals surface area contributed by atoms with Crippen LogP contribution in [0.25, 0.3) is 0 Å². The van der Waals surface area contributed by atoms with Crippen LogP contribution in [0.2, 0.25) is 0 Å². The topological polar surface area (TPSA) is 114 Å². The molecule has 0 saturated carbocycles. The van der Waals surface area contributed by atoms with Crippen LogP contribution in [-0.4, -0.2) is 67.5 Å². The Labute approximate surface area is 185 Å². The van der Waals surface area contributed by atoms with E-state index in [4.69, 9.17) is 4.74 Å². The minimum Gasteiger partial charge on any atom is -0.497 e. The van der Waals surface area contributed by atoms with E-state index < -0.39 is 29.3 Å². The second-order valence-electron chi connectivity index (χ2n) is 8.14. The van der Waals surface area contributed by atoms with Crippen molar-refractivity contribution in [1.82, 2.24) is 15.5 Å². The number of rotatable bonds is 8. The van der Waals surface area contributed by atoms with Gasteiger partial charge in [-0.2, -0.15) is 0 Å². The van der Waals surface area contributed by atoms with Gasteiger partial charge in [-0.05, 0) is 30.9 Å². The number of methoxy groups -OCH3 is 2. The number of carbonyl (C=O) groups is 4. The Hall–Kier alpha value is -3.17. The van der Waals surface area contributed by atoms with Crippen LogP contribution in [0.4, 0.5) is 4.39 Å². The molecule has 1 aromatic carbocycles. The van der Waals surface area contributed by atoms with E-state index in [0.29, 0.717) is 30.7 Å². The second-order valence-corrected chi connectivity index (χ2v) is 8.14. The predicted molar refractivity (Wildman–Crippen MR) is 111 cm³/mol. The van der Waals surface area contributed by atoms with Gasteiger partial charge in [0.1, 0.15) is 17.6 Å². The number of hydrogen-bond acceptors (Lipinski definition) is 6. The zero-order valence-corrected chi connectivity index (χ0v) is 18.2. The van der Waals surface area contributed by atoms with Gasteiger partial charge in [0.2, 0.25) is 17.7 Å². The van der Waals surface area contributed by atoms with Gasteiger partial charge in [-0.3, -0.25) is 19.2 Å². The molecule has 2 saturated heterocycles. The molecular weight excluding hydrogens is 421 g/mol. The van der Waals surface area contributed by atoms with E-state index in [1.54, 1.807) is 12.1 Å². The van der Waals surface area contributed by atoms with Gasteiger partial charge in [0, 0.05) is 37.5 Å². The highest BCUT2D eigenvalue weighted by molar-refractivity contribution is 5.92. The first kappa shape index (κ1) is 23.5. The van der Waals surface area contributed by atoms with Crippen molar-refractivity contribution < 1.29 is 33.0 Å². The third-order valence-corrected chi connectivity index (χ3v) is 6.08. The normalized spacial score (nSPS) is 22.8. The molecule has 0 spiro atoms. The highest BCUT2D eigenvalue weighted by atomic mass is 19.1. The summed E-state index contributed by atoms with van der Waals surface area (Å²) in [6.07, 6.45) is 1.09. The first-order valence-electron chi connectivity index (χ1n) is 10.5. The van der Waals surface area contributed by atoms with E-state index in [-0.39, 0.29) is 44.0 Å². The number of nitrogens with one attached hydrogen (secondary N) is 2. The molecule has 0 bridgehead atoms. The summed E-state index contributed by atoms with van der Waals surface area (Å²) < 4.78 is 24.2. The van der Waals surface area contributed by atoms with Gasteiger partial charge < -0.3 is 25.0 Å². The molecule has 2 aliphatic heterocycles. The molecule has 9 nitrogen and oxygen atoms in total. The van der Waals surface area contributed by atoms with Crippen LogP contribution >= 0.6 is 0 Å². The Kier molecular flexibility index (Phi) is 7.32. The number of carbonyl (C=O) groups excluding carboxylic acids is 4. The van der Waals surface area contributed by atoms with Crippen molar-refractivity contribution in [3.63, 3.8) is 0 Å². The standard InChI is InChI=1S/C22H28FN3O6/c1-31-15-4-3-14(16(23)11-15)13-22(7-5-18(27)25-22)8-6-19(28)26-10-9-24-21(30)17(26)12-20(29)32-2/h3-4,11,17H,5-10,12-13H2,1-2H3,(H,24,30)(H,25,27)/t17-,22+/m1/s1. The molecule has 2 heterocycles. The van der Waals surface area contributed by atoms with Crippen molar-refractivity contribution >= 4 is 23.7 Å². The summed E-state index contributed by atoms with van der Waals surface area (Å²) in [5.41, 5.74) is -0.348. The Balaban J connectivity index is 1.72. The van der Waals surface area contributed by atoms with Gasteiger partial charge in [0.25, 0.3) is 0 Å². The fraction of sp³-hybridized carbons (Fsp3) is 0.545. The van der Waals surface area contributed by atoms with Crippen LogP contribution < -0.4 is 15.4 Å². The van der Waals surface area contributed by atoms with Gasteiger partial charge in [-0.1, -0.05) is 6.07 Å². The average Bonchev–Trinajstić information content (AvgIpc) is 3.15. The van der Waals surface area contributed by atoms with Crippen molar-refractivity contribution in [1.29, 1.82) is 0 Å². The van der Waals surface area contributed by atoms with Gasteiger partial charge in [0.05, 0.1) is 20.6 Å². The predicted octanol–water partition coefficient (Wildman–Crippen LogP) is 0.696. The Morgan fingerprint density at radius 1 is 1.28 bits per heavy atom. The molecule has 3 rings (SSSR count). The van der Waals surface area contributed by atoms with E-state index in [1.807, 2.05) is 0 Å². The maximum absolute atomic E-state index is 14.5. The molecule has 32 heavy (non-hydrogen) atoms. The molecule has 174 valence electrons. The van der Waals surface area contributed by atoms with Crippen molar-refractivity contribution in [2.75, 3.05) is 27.3 Å². The molecule has 3 amide bonds. The van der Waals surface area contributed by atoms with Crippen LogP contribution in [0.5, 0.6) is 5.75 Å². The molecule has 0 radical (unpaired) electrons. The third kappa shape index (κ3) is 5.35. The Morgan fingerprint density at radius 2 is 2.06 bits per heavy atom. The summed E-state index contributed by atoms with van der Waals surface area (Å²) >= 11 is 0. The SMILES string of the molecule is COC(=O)C[C@@H]1C(=O)NCCN1C(=O)CC[C@]1(Cc2ccc(OC)cc2F)CCC(=O)N1. The zero-order valence-electron chi connectivity index (χ0n) is 18.2. The smallest absolute Gasteiger partial charge is 0.308 e. The van der Waals surface area contributed by atoms with Crippen LogP contribution in [0.3, 0.4) is 0 Å². The quantitative estimate of drug-likeness (QED) is 0.565. The van der Waals surface area contributed by atoms with Gasteiger partial charge in [0.15, 0.2) is 0 Å². The van der Waals surface area contributed by atoms with Crippen molar-refractivity contribution in [3.05, 3.63) is 29.6 Å².